The summed E-state index contributed by atoms with van der Waals surface area (Å²) >= 11 is 0. The fourth-order valence-electron chi connectivity index (χ4n) is 1.63. The van der Waals surface area contributed by atoms with Gasteiger partial charge >= 0.3 is 0 Å². The lowest BCUT2D eigenvalue weighted by Gasteiger charge is -2.08. The molecule has 1 aromatic carbocycles. The van der Waals surface area contributed by atoms with E-state index < -0.39 is 0 Å². The molecule has 0 saturated carbocycles. The Morgan fingerprint density at radius 1 is 1.12 bits per heavy atom. The van der Waals surface area contributed by atoms with Crippen molar-refractivity contribution in [3.05, 3.63) is 29.8 Å². The van der Waals surface area contributed by atoms with E-state index in [2.05, 4.69) is 50.4 Å². The van der Waals surface area contributed by atoms with Crippen molar-refractivity contribution in [3.8, 4) is 0 Å². The van der Waals surface area contributed by atoms with Crippen molar-refractivity contribution in [2.75, 3.05) is 25.1 Å². The van der Waals surface area contributed by atoms with E-state index in [1.165, 1.54) is 24.1 Å². The minimum Gasteiger partial charge on any atom is -0.383 e. The zero-order valence-electron chi connectivity index (χ0n) is 11.3. The van der Waals surface area contributed by atoms with Gasteiger partial charge in [-0.2, -0.15) is 0 Å². The molecule has 0 fully saturated rings. The van der Waals surface area contributed by atoms with Crippen molar-refractivity contribution >= 4 is 5.69 Å². The zero-order chi connectivity index (χ0) is 12.5. The molecule has 0 amide bonds. The number of aryl methyl sites for hydroxylation is 1. The van der Waals surface area contributed by atoms with E-state index in [0.29, 0.717) is 0 Å². The third kappa shape index (κ3) is 7.01. The molecule has 17 heavy (non-hydrogen) atoms. The SMILES string of the molecule is Cc1ccc(NCCOCCCC(C)C)cc1. The van der Waals surface area contributed by atoms with Gasteiger partial charge in [-0.25, -0.2) is 0 Å². The molecule has 96 valence electrons. The van der Waals surface area contributed by atoms with Crippen LogP contribution in [-0.2, 0) is 4.74 Å². The van der Waals surface area contributed by atoms with Gasteiger partial charge in [-0.3, -0.25) is 0 Å². The summed E-state index contributed by atoms with van der Waals surface area (Å²) in [5.41, 5.74) is 2.46. The Kier molecular flexibility index (Phi) is 6.71. The van der Waals surface area contributed by atoms with Gasteiger partial charge in [0.1, 0.15) is 0 Å². The van der Waals surface area contributed by atoms with Crippen LogP contribution in [0.15, 0.2) is 24.3 Å². The van der Waals surface area contributed by atoms with E-state index in [0.717, 1.165) is 25.7 Å². The summed E-state index contributed by atoms with van der Waals surface area (Å²) in [5, 5.41) is 3.35. The average molecular weight is 235 g/mol. The van der Waals surface area contributed by atoms with Gasteiger partial charge in [-0.1, -0.05) is 31.5 Å². The quantitative estimate of drug-likeness (QED) is 0.691. The number of hydrogen-bond donors (Lipinski definition) is 1. The highest BCUT2D eigenvalue weighted by Gasteiger charge is 1.94. The Morgan fingerprint density at radius 2 is 1.82 bits per heavy atom. The fraction of sp³-hybridized carbons (Fsp3) is 0.600. The Morgan fingerprint density at radius 3 is 2.47 bits per heavy atom. The maximum atomic E-state index is 5.57. The second-order valence-corrected chi connectivity index (χ2v) is 4.94. The van der Waals surface area contributed by atoms with Crippen LogP contribution in [0.3, 0.4) is 0 Å². The summed E-state index contributed by atoms with van der Waals surface area (Å²) in [6.45, 7) is 9.14. The highest BCUT2D eigenvalue weighted by molar-refractivity contribution is 5.44. The van der Waals surface area contributed by atoms with Crippen molar-refractivity contribution in [2.24, 2.45) is 5.92 Å². The first-order valence-corrected chi connectivity index (χ1v) is 6.57. The van der Waals surface area contributed by atoms with Crippen LogP contribution in [0.5, 0.6) is 0 Å². The third-order valence-electron chi connectivity index (χ3n) is 2.70. The van der Waals surface area contributed by atoms with E-state index in [4.69, 9.17) is 4.74 Å². The minimum absolute atomic E-state index is 0.782. The lowest BCUT2D eigenvalue weighted by Crippen LogP contribution is -2.10. The summed E-state index contributed by atoms with van der Waals surface area (Å²) in [7, 11) is 0. The van der Waals surface area contributed by atoms with Crippen LogP contribution in [-0.4, -0.2) is 19.8 Å². The minimum atomic E-state index is 0.782. The van der Waals surface area contributed by atoms with Gasteiger partial charge < -0.3 is 10.1 Å². The van der Waals surface area contributed by atoms with E-state index in [9.17, 15) is 0 Å². The van der Waals surface area contributed by atoms with Crippen LogP contribution in [0, 0.1) is 12.8 Å². The van der Waals surface area contributed by atoms with Gasteiger partial charge in [0.2, 0.25) is 0 Å². The highest BCUT2D eigenvalue weighted by atomic mass is 16.5. The van der Waals surface area contributed by atoms with Crippen molar-refractivity contribution in [1.29, 1.82) is 0 Å². The van der Waals surface area contributed by atoms with E-state index in [1.807, 2.05) is 0 Å². The first-order valence-electron chi connectivity index (χ1n) is 6.57. The first kappa shape index (κ1) is 14.0. The van der Waals surface area contributed by atoms with Gasteiger partial charge in [0.15, 0.2) is 0 Å². The Hall–Kier alpha value is -1.02. The molecule has 2 heteroatoms. The summed E-state index contributed by atoms with van der Waals surface area (Å²) in [6.07, 6.45) is 2.42. The summed E-state index contributed by atoms with van der Waals surface area (Å²) in [6, 6.07) is 8.44. The monoisotopic (exact) mass is 235 g/mol. The summed E-state index contributed by atoms with van der Waals surface area (Å²) in [5.74, 6) is 0.782. The molecule has 0 aromatic heterocycles. The standard InChI is InChI=1S/C15H25NO/c1-13(2)5-4-11-17-12-10-16-15-8-6-14(3)7-9-15/h6-9,13,16H,4-5,10-12H2,1-3H3. The number of benzene rings is 1. The predicted octanol–water partition coefficient (Wildman–Crippen LogP) is 3.86. The van der Waals surface area contributed by atoms with Crippen LogP contribution in [0.2, 0.25) is 0 Å². The molecule has 1 rings (SSSR count). The van der Waals surface area contributed by atoms with Crippen molar-refractivity contribution in [3.63, 3.8) is 0 Å². The molecule has 0 spiro atoms. The fourth-order valence-corrected chi connectivity index (χ4v) is 1.63. The van der Waals surface area contributed by atoms with Gasteiger partial charge in [-0.05, 0) is 37.8 Å². The number of rotatable bonds is 8. The normalized spacial score (nSPS) is 10.8. The molecule has 0 aliphatic heterocycles. The van der Waals surface area contributed by atoms with Gasteiger partial charge in [0, 0.05) is 18.8 Å². The van der Waals surface area contributed by atoms with Crippen LogP contribution in [0.1, 0.15) is 32.3 Å². The molecular weight excluding hydrogens is 210 g/mol. The molecule has 0 aliphatic rings. The van der Waals surface area contributed by atoms with E-state index >= 15 is 0 Å². The van der Waals surface area contributed by atoms with Crippen molar-refractivity contribution in [1.82, 2.24) is 0 Å². The Balaban J connectivity index is 1.99. The van der Waals surface area contributed by atoms with Crippen molar-refractivity contribution < 1.29 is 4.74 Å². The van der Waals surface area contributed by atoms with Crippen molar-refractivity contribution in [2.45, 2.75) is 33.6 Å². The van der Waals surface area contributed by atoms with E-state index in [1.54, 1.807) is 0 Å². The lowest BCUT2D eigenvalue weighted by molar-refractivity contribution is 0.137. The Bertz CT molecular complexity index is 292. The summed E-state index contributed by atoms with van der Waals surface area (Å²) < 4.78 is 5.57. The molecule has 1 N–H and O–H groups in total. The number of anilines is 1. The van der Waals surface area contributed by atoms with E-state index in [-0.39, 0.29) is 0 Å². The number of hydrogen-bond acceptors (Lipinski definition) is 2. The van der Waals surface area contributed by atoms with Crippen LogP contribution < -0.4 is 5.32 Å². The summed E-state index contributed by atoms with van der Waals surface area (Å²) in [4.78, 5) is 0. The average Bonchev–Trinajstić information content (AvgIpc) is 2.30. The second-order valence-electron chi connectivity index (χ2n) is 4.94. The maximum absolute atomic E-state index is 5.57. The van der Waals surface area contributed by atoms with Gasteiger partial charge in [0.25, 0.3) is 0 Å². The van der Waals surface area contributed by atoms with Gasteiger partial charge in [-0.15, -0.1) is 0 Å². The first-order chi connectivity index (χ1) is 8.18. The number of nitrogens with one attached hydrogen (secondary N) is 1. The molecular formula is C15H25NO. The second kappa shape index (κ2) is 8.13. The molecule has 0 radical (unpaired) electrons. The smallest absolute Gasteiger partial charge is 0.0639 e. The number of ether oxygens (including phenoxy) is 1. The highest BCUT2D eigenvalue weighted by Crippen LogP contribution is 2.08. The van der Waals surface area contributed by atoms with Gasteiger partial charge in [0.05, 0.1) is 6.61 Å². The molecule has 0 atom stereocenters. The predicted molar refractivity (Wildman–Crippen MR) is 74.6 cm³/mol. The van der Waals surface area contributed by atoms with Crippen LogP contribution >= 0.6 is 0 Å². The molecule has 1 aromatic rings. The largest absolute Gasteiger partial charge is 0.383 e. The molecule has 2 nitrogen and oxygen atoms in total. The van der Waals surface area contributed by atoms with Crippen LogP contribution in [0.25, 0.3) is 0 Å². The third-order valence-corrected chi connectivity index (χ3v) is 2.70. The molecule has 0 heterocycles. The Labute approximate surface area is 105 Å². The maximum Gasteiger partial charge on any atom is 0.0639 e. The molecule has 0 bridgehead atoms. The molecule has 0 saturated heterocycles. The van der Waals surface area contributed by atoms with Crippen LogP contribution in [0.4, 0.5) is 5.69 Å². The topological polar surface area (TPSA) is 21.3 Å². The molecule has 0 unspecified atom stereocenters. The lowest BCUT2D eigenvalue weighted by atomic mass is 10.1. The molecule has 0 aliphatic carbocycles. The zero-order valence-corrected chi connectivity index (χ0v) is 11.3.